The number of aromatic nitrogens is 3. The number of furan rings is 1. The maximum Gasteiger partial charge on any atom is 0.192 e. The molecule has 6 nitrogen and oxygen atoms in total. The Morgan fingerprint density at radius 2 is 2.00 bits per heavy atom. The van der Waals surface area contributed by atoms with E-state index in [4.69, 9.17) is 20.8 Å². The van der Waals surface area contributed by atoms with Crippen molar-refractivity contribution >= 4 is 29.1 Å². The van der Waals surface area contributed by atoms with Gasteiger partial charge in [0.25, 0.3) is 0 Å². The fourth-order valence-electron chi connectivity index (χ4n) is 3.02. The molecule has 4 aromatic rings. The minimum atomic E-state index is -0.0469. The minimum absolute atomic E-state index is 0.0469. The van der Waals surface area contributed by atoms with Crippen molar-refractivity contribution in [2.24, 2.45) is 0 Å². The van der Waals surface area contributed by atoms with Crippen LogP contribution in [-0.4, -0.2) is 33.4 Å². The highest BCUT2D eigenvalue weighted by Gasteiger charge is 2.19. The molecule has 0 spiro atoms. The molecule has 2 aromatic heterocycles. The fourth-order valence-corrected chi connectivity index (χ4v) is 4.03. The largest absolute Gasteiger partial charge is 0.496 e. The molecule has 0 aliphatic carbocycles. The van der Waals surface area contributed by atoms with Crippen molar-refractivity contribution in [3.05, 3.63) is 83.3 Å². The monoisotopic (exact) mass is 439 g/mol. The number of benzene rings is 2. The van der Waals surface area contributed by atoms with Crippen LogP contribution in [0.1, 0.15) is 16.1 Å². The average molecular weight is 440 g/mol. The van der Waals surface area contributed by atoms with Gasteiger partial charge in [-0.1, -0.05) is 47.6 Å². The maximum atomic E-state index is 12.8. The molecule has 0 unspecified atom stereocenters. The summed E-state index contributed by atoms with van der Waals surface area (Å²) < 4.78 is 12.7. The minimum Gasteiger partial charge on any atom is -0.496 e. The summed E-state index contributed by atoms with van der Waals surface area (Å²) in [6.45, 7) is 0.438. The van der Waals surface area contributed by atoms with Crippen LogP contribution in [0.4, 0.5) is 0 Å². The molecule has 0 radical (unpaired) electrons. The fraction of sp³-hybridized carbons (Fsp3) is 0.136. The number of methoxy groups -OCH3 is 1. The first-order chi connectivity index (χ1) is 14.7. The second kappa shape index (κ2) is 9.19. The number of Topliss-reactive ketones (excluding diaryl/α,β-unsaturated/α-hetero) is 1. The number of carbonyl (C=O) groups excluding carboxylic acids is 1. The molecule has 0 bridgehead atoms. The third kappa shape index (κ3) is 4.42. The Labute approximate surface area is 182 Å². The lowest BCUT2D eigenvalue weighted by Gasteiger charge is -2.10. The van der Waals surface area contributed by atoms with E-state index >= 15 is 0 Å². The molecule has 4 rings (SSSR count). The van der Waals surface area contributed by atoms with Gasteiger partial charge in [-0.05, 0) is 36.4 Å². The molecule has 0 aliphatic heterocycles. The van der Waals surface area contributed by atoms with Gasteiger partial charge in [0.15, 0.2) is 16.8 Å². The summed E-state index contributed by atoms with van der Waals surface area (Å²) in [4.78, 5) is 12.8. The zero-order chi connectivity index (χ0) is 20.9. The van der Waals surface area contributed by atoms with Gasteiger partial charge in [-0.2, -0.15) is 0 Å². The van der Waals surface area contributed by atoms with Gasteiger partial charge in [0.2, 0.25) is 0 Å². The van der Waals surface area contributed by atoms with Crippen LogP contribution in [0.5, 0.6) is 5.75 Å². The van der Waals surface area contributed by atoms with Crippen LogP contribution >= 0.6 is 23.4 Å². The number of hydrogen-bond donors (Lipinski definition) is 0. The van der Waals surface area contributed by atoms with Gasteiger partial charge in [-0.15, -0.1) is 10.2 Å². The zero-order valence-electron chi connectivity index (χ0n) is 16.1. The van der Waals surface area contributed by atoms with Crippen molar-refractivity contribution in [2.75, 3.05) is 12.9 Å². The van der Waals surface area contributed by atoms with Crippen molar-refractivity contribution in [3.8, 4) is 17.1 Å². The van der Waals surface area contributed by atoms with E-state index in [0.29, 0.717) is 33.9 Å². The second-order valence-corrected chi connectivity index (χ2v) is 7.77. The summed E-state index contributed by atoms with van der Waals surface area (Å²) in [7, 11) is 1.55. The number of nitrogens with zero attached hydrogens (tertiary/aromatic N) is 3. The zero-order valence-corrected chi connectivity index (χ0v) is 17.7. The Hall–Kier alpha value is -3.03. The van der Waals surface area contributed by atoms with E-state index in [2.05, 4.69) is 10.2 Å². The summed E-state index contributed by atoms with van der Waals surface area (Å²) in [5.41, 5.74) is 1.38. The van der Waals surface area contributed by atoms with Gasteiger partial charge in [-0.3, -0.25) is 9.36 Å². The number of thioether (sulfide) groups is 1. The third-order valence-corrected chi connectivity index (χ3v) is 5.64. The van der Waals surface area contributed by atoms with Crippen molar-refractivity contribution in [2.45, 2.75) is 11.7 Å². The van der Waals surface area contributed by atoms with Crippen LogP contribution in [0.25, 0.3) is 11.4 Å². The predicted molar refractivity (Wildman–Crippen MR) is 116 cm³/mol. The molecule has 0 saturated carbocycles. The van der Waals surface area contributed by atoms with Crippen LogP contribution in [0, 0.1) is 0 Å². The second-order valence-electron chi connectivity index (χ2n) is 6.39. The first-order valence-electron chi connectivity index (χ1n) is 9.16. The first-order valence-corrected chi connectivity index (χ1v) is 10.5. The highest BCUT2D eigenvalue weighted by molar-refractivity contribution is 7.99. The van der Waals surface area contributed by atoms with E-state index in [9.17, 15) is 4.79 Å². The van der Waals surface area contributed by atoms with Gasteiger partial charge in [-0.25, -0.2) is 0 Å². The molecule has 2 aromatic carbocycles. The smallest absolute Gasteiger partial charge is 0.192 e. The lowest BCUT2D eigenvalue weighted by Crippen LogP contribution is -2.07. The summed E-state index contributed by atoms with van der Waals surface area (Å²) in [5, 5.41) is 9.89. The molecule has 8 heteroatoms. The highest BCUT2D eigenvalue weighted by Crippen LogP contribution is 2.28. The van der Waals surface area contributed by atoms with E-state index < -0.39 is 0 Å². The molecule has 30 heavy (non-hydrogen) atoms. The van der Waals surface area contributed by atoms with E-state index in [-0.39, 0.29) is 11.5 Å². The van der Waals surface area contributed by atoms with Gasteiger partial charge in [0.05, 0.1) is 31.2 Å². The molecular formula is C22H18ClN3O3S. The molecule has 2 heterocycles. The standard InChI is InChI=1S/C22H18ClN3O3S/c1-28-20-10-3-2-9-18(20)19(27)14-30-22-25-24-21(15-6-4-7-16(23)12-15)26(22)13-17-8-5-11-29-17/h2-12H,13-14H2,1H3. The Kier molecular flexibility index (Phi) is 6.21. The van der Waals surface area contributed by atoms with E-state index in [1.54, 1.807) is 31.6 Å². The quantitative estimate of drug-likeness (QED) is 0.277. The van der Waals surface area contributed by atoms with E-state index in [1.807, 2.05) is 47.0 Å². The Morgan fingerprint density at radius 1 is 1.13 bits per heavy atom. The predicted octanol–water partition coefficient (Wildman–Crippen LogP) is 5.22. The molecule has 0 fully saturated rings. The highest BCUT2D eigenvalue weighted by atomic mass is 35.5. The van der Waals surface area contributed by atoms with Crippen molar-refractivity contribution < 1.29 is 13.9 Å². The van der Waals surface area contributed by atoms with Crippen molar-refractivity contribution in [3.63, 3.8) is 0 Å². The van der Waals surface area contributed by atoms with Crippen LogP contribution < -0.4 is 4.74 Å². The molecule has 0 N–H and O–H groups in total. The van der Waals surface area contributed by atoms with Gasteiger partial charge in [0.1, 0.15) is 11.5 Å². The average Bonchev–Trinajstić information content (AvgIpc) is 3.42. The van der Waals surface area contributed by atoms with Crippen molar-refractivity contribution in [1.29, 1.82) is 0 Å². The Bertz CT molecular complexity index is 1160. The van der Waals surface area contributed by atoms with Gasteiger partial charge < -0.3 is 9.15 Å². The molecule has 0 amide bonds. The number of rotatable bonds is 8. The number of carbonyl (C=O) groups is 1. The number of halogens is 1. The topological polar surface area (TPSA) is 70.2 Å². The molecule has 152 valence electrons. The van der Waals surface area contributed by atoms with E-state index in [1.165, 1.54) is 11.8 Å². The summed E-state index contributed by atoms with van der Waals surface area (Å²) in [5.74, 6) is 2.12. The van der Waals surface area contributed by atoms with E-state index in [0.717, 1.165) is 11.3 Å². The lowest BCUT2D eigenvalue weighted by atomic mass is 10.1. The normalized spacial score (nSPS) is 10.9. The summed E-state index contributed by atoms with van der Waals surface area (Å²) in [6.07, 6.45) is 1.62. The van der Waals surface area contributed by atoms with Crippen LogP contribution in [0.3, 0.4) is 0 Å². The Balaban J connectivity index is 1.62. The van der Waals surface area contributed by atoms with Gasteiger partial charge >= 0.3 is 0 Å². The third-order valence-electron chi connectivity index (χ3n) is 4.43. The SMILES string of the molecule is COc1ccccc1C(=O)CSc1nnc(-c2cccc(Cl)c2)n1Cc1ccco1. The molecule has 0 aliphatic rings. The molecule has 0 atom stereocenters. The first kappa shape index (κ1) is 20.3. The van der Waals surface area contributed by atoms with Crippen LogP contribution in [0.15, 0.2) is 76.5 Å². The summed E-state index contributed by atoms with van der Waals surface area (Å²) in [6, 6.07) is 18.3. The summed E-state index contributed by atoms with van der Waals surface area (Å²) >= 11 is 7.48. The van der Waals surface area contributed by atoms with Crippen LogP contribution in [0.2, 0.25) is 5.02 Å². The number of hydrogen-bond acceptors (Lipinski definition) is 6. The number of ketones is 1. The molecular weight excluding hydrogens is 422 g/mol. The number of para-hydroxylation sites is 1. The maximum absolute atomic E-state index is 12.8. The molecule has 0 saturated heterocycles. The Morgan fingerprint density at radius 3 is 2.77 bits per heavy atom. The van der Waals surface area contributed by atoms with Crippen LogP contribution in [-0.2, 0) is 6.54 Å². The van der Waals surface area contributed by atoms with Crippen molar-refractivity contribution in [1.82, 2.24) is 14.8 Å². The van der Waals surface area contributed by atoms with Gasteiger partial charge in [0, 0.05) is 10.6 Å². The lowest BCUT2D eigenvalue weighted by molar-refractivity contribution is 0.101. The number of ether oxygens (including phenoxy) is 1.